The van der Waals surface area contributed by atoms with Gasteiger partial charge in [-0.25, -0.2) is 15.0 Å². The molecule has 7 aromatic rings. The van der Waals surface area contributed by atoms with Crippen LogP contribution in [-0.4, -0.2) is 19.9 Å². The number of benzene rings is 5. The number of hydrogen-bond donors (Lipinski definition) is 0. The largest absolute Gasteiger partial charge is 0.256 e. The van der Waals surface area contributed by atoms with Gasteiger partial charge < -0.3 is 0 Å². The third kappa shape index (κ3) is 6.39. The van der Waals surface area contributed by atoms with Crippen LogP contribution in [0.15, 0.2) is 134 Å². The Morgan fingerprint density at radius 3 is 1.35 bits per heavy atom. The lowest BCUT2D eigenvalue weighted by molar-refractivity contribution is 0.590. The van der Waals surface area contributed by atoms with Gasteiger partial charge in [-0.15, -0.1) is 0 Å². The normalized spacial score (nSPS) is 12.0. The fourth-order valence-electron chi connectivity index (χ4n) is 6.03. The molecule has 48 heavy (non-hydrogen) atoms. The van der Waals surface area contributed by atoms with Gasteiger partial charge in [0.15, 0.2) is 17.5 Å². The molecule has 0 amide bonds. The number of rotatable bonds is 5. The minimum Gasteiger partial charge on any atom is -0.256 e. The molecule has 5 aromatic carbocycles. The highest BCUT2D eigenvalue weighted by molar-refractivity contribution is 6.00. The van der Waals surface area contributed by atoms with Gasteiger partial charge in [-0.2, -0.15) is 0 Å². The lowest BCUT2D eigenvalue weighted by Gasteiger charge is -2.19. The van der Waals surface area contributed by atoms with E-state index in [9.17, 15) is 0 Å². The van der Waals surface area contributed by atoms with Gasteiger partial charge in [-0.1, -0.05) is 145 Å². The number of fused-ring (bicyclic) bond motifs is 1. The summed E-state index contributed by atoms with van der Waals surface area (Å²) in [5.41, 5.74) is 9.87. The van der Waals surface area contributed by atoms with Gasteiger partial charge in [0.2, 0.25) is 0 Å². The molecule has 0 aliphatic rings. The van der Waals surface area contributed by atoms with Crippen LogP contribution in [0.3, 0.4) is 0 Å². The van der Waals surface area contributed by atoms with Gasteiger partial charge in [0.25, 0.3) is 0 Å². The van der Waals surface area contributed by atoms with Crippen LogP contribution in [0.25, 0.3) is 67.3 Å². The maximum atomic E-state index is 5.02. The Hall–Kier alpha value is -5.48. The van der Waals surface area contributed by atoms with E-state index in [1.165, 1.54) is 21.9 Å². The lowest BCUT2D eigenvalue weighted by atomic mass is 9.86. The van der Waals surface area contributed by atoms with Gasteiger partial charge in [0.05, 0.1) is 5.69 Å². The standard InChI is InChI=1S/C44H40N4/c1-43(2,3)35-22-18-31(19-23-35)41-46-40(47-42(48-41)32-20-24-36(25-21-32)44(4,5)6)30-16-14-29(15-17-30)38-28-34(39-13-9-10-26-45-39)27-33-11-7-8-12-37(33)38/h7-28H,1-6H3. The second-order valence-electron chi connectivity index (χ2n) is 14.5. The molecule has 0 aliphatic heterocycles. The van der Waals surface area contributed by atoms with Gasteiger partial charge >= 0.3 is 0 Å². The minimum absolute atomic E-state index is 0.0624. The zero-order valence-corrected chi connectivity index (χ0v) is 28.5. The molecule has 0 spiro atoms. The molecule has 2 heterocycles. The van der Waals surface area contributed by atoms with E-state index in [0.29, 0.717) is 17.5 Å². The smallest absolute Gasteiger partial charge is 0.164 e. The summed E-state index contributed by atoms with van der Waals surface area (Å²) >= 11 is 0. The monoisotopic (exact) mass is 624 g/mol. The Kier molecular flexibility index (Phi) is 7.96. The molecular formula is C44H40N4. The molecule has 0 saturated heterocycles. The topological polar surface area (TPSA) is 51.6 Å². The van der Waals surface area contributed by atoms with Crippen molar-refractivity contribution in [3.8, 4) is 56.5 Å². The Bertz CT molecular complexity index is 2130. The summed E-state index contributed by atoms with van der Waals surface area (Å²) in [6.45, 7) is 13.4. The molecule has 4 heteroatoms. The molecule has 0 N–H and O–H groups in total. The molecule has 2 aromatic heterocycles. The van der Waals surface area contributed by atoms with Crippen LogP contribution in [-0.2, 0) is 10.8 Å². The maximum Gasteiger partial charge on any atom is 0.164 e. The van der Waals surface area contributed by atoms with Gasteiger partial charge in [-0.05, 0) is 68.1 Å². The average molecular weight is 625 g/mol. The summed E-state index contributed by atoms with van der Waals surface area (Å²) in [6, 6.07) is 44.8. The van der Waals surface area contributed by atoms with E-state index in [4.69, 9.17) is 15.0 Å². The first-order valence-corrected chi connectivity index (χ1v) is 16.6. The van der Waals surface area contributed by atoms with Crippen LogP contribution in [0.2, 0.25) is 0 Å². The van der Waals surface area contributed by atoms with Crippen molar-refractivity contribution in [2.75, 3.05) is 0 Å². The van der Waals surface area contributed by atoms with Gasteiger partial charge in [-0.3, -0.25) is 4.98 Å². The summed E-state index contributed by atoms with van der Waals surface area (Å²) in [7, 11) is 0. The quantitative estimate of drug-likeness (QED) is 0.191. The van der Waals surface area contributed by atoms with Crippen molar-refractivity contribution in [1.29, 1.82) is 0 Å². The van der Waals surface area contributed by atoms with E-state index in [0.717, 1.165) is 39.1 Å². The van der Waals surface area contributed by atoms with Crippen LogP contribution >= 0.6 is 0 Å². The average Bonchev–Trinajstić information content (AvgIpc) is 3.11. The highest BCUT2D eigenvalue weighted by atomic mass is 15.0. The van der Waals surface area contributed by atoms with Crippen LogP contribution < -0.4 is 0 Å². The third-order valence-corrected chi connectivity index (χ3v) is 8.93. The van der Waals surface area contributed by atoms with E-state index in [-0.39, 0.29) is 10.8 Å². The van der Waals surface area contributed by atoms with Gasteiger partial charge in [0.1, 0.15) is 0 Å². The van der Waals surface area contributed by atoms with Crippen LogP contribution in [0, 0.1) is 0 Å². The molecule has 0 atom stereocenters. The number of aromatic nitrogens is 4. The van der Waals surface area contributed by atoms with Crippen molar-refractivity contribution in [2.45, 2.75) is 52.4 Å². The molecular weight excluding hydrogens is 585 g/mol. The SMILES string of the molecule is CC(C)(C)c1ccc(-c2nc(-c3ccc(-c4cc(-c5ccccn5)cc5ccccc45)cc3)nc(-c3ccc(C(C)(C)C)cc3)n2)cc1. The van der Waals surface area contributed by atoms with E-state index >= 15 is 0 Å². The first kappa shape index (κ1) is 31.1. The first-order valence-electron chi connectivity index (χ1n) is 16.6. The fraction of sp³-hybridized carbons (Fsp3) is 0.182. The second-order valence-corrected chi connectivity index (χ2v) is 14.5. The second kappa shape index (κ2) is 12.3. The van der Waals surface area contributed by atoms with E-state index in [1.54, 1.807) is 0 Å². The molecule has 0 unspecified atom stereocenters. The summed E-state index contributed by atoms with van der Waals surface area (Å²) in [5.74, 6) is 1.97. The number of pyridine rings is 1. The van der Waals surface area contributed by atoms with E-state index in [1.807, 2.05) is 18.3 Å². The Balaban J connectivity index is 1.32. The van der Waals surface area contributed by atoms with Crippen molar-refractivity contribution >= 4 is 10.8 Å². The zero-order valence-electron chi connectivity index (χ0n) is 28.5. The Morgan fingerprint density at radius 2 is 0.875 bits per heavy atom. The van der Waals surface area contributed by atoms with Crippen molar-refractivity contribution < 1.29 is 0 Å². The van der Waals surface area contributed by atoms with Crippen LogP contribution in [0.5, 0.6) is 0 Å². The van der Waals surface area contributed by atoms with Crippen molar-refractivity contribution in [2.24, 2.45) is 0 Å². The van der Waals surface area contributed by atoms with Crippen molar-refractivity contribution in [3.63, 3.8) is 0 Å². The Labute approximate surface area is 283 Å². The summed E-state index contributed by atoms with van der Waals surface area (Å²) in [4.78, 5) is 19.7. The molecule has 4 nitrogen and oxygen atoms in total. The van der Waals surface area contributed by atoms with Gasteiger partial charge in [0, 0.05) is 28.5 Å². The number of hydrogen-bond acceptors (Lipinski definition) is 4. The zero-order chi connectivity index (χ0) is 33.5. The highest BCUT2D eigenvalue weighted by Gasteiger charge is 2.18. The van der Waals surface area contributed by atoms with Crippen molar-refractivity contribution in [1.82, 2.24) is 19.9 Å². The van der Waals surface area contributed by atoms with E-state index in [2.05, 4.69) is 162 Å². The molecule has 0 bridgehead atoms. The van der Waals surface area contributed by atoms with Crippen LogP contribution in [0.4, 0.5) is 0 Å². The summed E-state index contributed by atoms with van der Waals surface area (Å²) in [6.07, 6.45) is 1.84. The van der Waals surface area contributed by atoms with E-state index < -0.39 is 0 Å². The molecule has 0 saturated carbocycles. The Morgan fingerprint density at radius 1 is 0.417 bits per heavy atom. The highest BCUT2D eigenvalue weighted by Crippen LogP contribution is 2.35. The molecule has 7 rings (SSSR count). The molecule has 0 aliphatic carbocycles. The molecule has 236 valence electrons. The summed E-state index contributed by atoms with van der Waals surface area (Å²) < 4.78 is 0. The predicted octanol–water partition coefficient (Wildman–Crippen LogP) is 11.3. The third-order valence-electron chi connectivity index (χ3n) is 8.93. The minimum atomic E-state index is 0.0624. The molecule has 0 fully saturated rings. The molecule has 0 radical (unpaired) electrons. The fourth-order valence-corrected chi connectivity index (χ4v) is 6.03. The number of nitrogens with zero attached hydrogens (tertiary/aromatic N) is 4. The summed E-state index contributed by atoms with van der Waals surface area (Å²) in [5, 5.41) is 2.38. The first-order chi connectivity index (χ1) is 23.0. The predicted molar refractivity (Wildman–Crippen MR) is 200 cm³/mol. The maximum absolute atomic E-state index is 5.02. The lowest BCUT2D eigenvalue weighted by Crippen LogP contribution is -2.10. The van der Waals surface area contributed by atoms with Crippen LogP contribution in [0.1, 0.15) is 52.7 Å². The van der Waals surface area contributed by atoms with Crippen molar-refractivity contribution in [3.05, 3.63) is 145 Å².